The van der Waals surface area contributed by atoms with Crippen molar-refractivity contribution < 1.29 is 19.4 Å². The van der Waals surface area contributed by atoms with Gasteiger partial charge in [0, 0.05) is 17.8 Å². The van der Waals surface area contributed by atoms with Crippen molar-refractivity contribution in [3.05, 3.63) is 61.1 Å². The molecule has 0 saturated carbocycles. The Hall–Kier alpha value is -4.18. The standard InChI is InChI=1S/C25H28N6O4/c26-13-3-15-35-20-9-5-18(6-10-20)29-25-27-16-22-24(30-25)31(17-28-22)19-7-11-21(12-8-19)34-14-2-1-4-23(32)33/h5-12,16-17H,1-4,13-15,26H2,(H,32,33)(H,27,29,30). The summed E-state index contributed by atoms with van der Waals surface area (Å²) in [6, 6.07) is 15.2. The molecule has 4 rings (SSSR count). The number of rotatable bonds is 13. The molecule has 0 aliphatic heterocycles. The van der Waals surface area contributed by atoms with Gasteiger partial charge in [-0.2, -0.15) is 4.98 Å². The minimum absolute atomic E-state index is 0.156. The number of nitrogens with two attached hydrogens (primary N) is 1. The van der Waals surface area contributed by atoms with Crippen LogP contribution in [0.15, 0.2) is 61.1 Å². The fraction of sp³-hybridized carbons (Fsp3) is 0.280. The lowest BCUT2D eigenvalue weighted by Gasteiger charge is -2.09. The lowest BCUT2D eigenvalue weighted by atomic mass is 10.2. The minimum atomic E-state index is -0.786. The van der Waals surface area contributed by atoms with E-state index in [1.54, 1.807) is 12.5 Å². The highest BCUT2D eigenvalue weighted by molar-refractivity contribution is 5.74. The zero-order valence-electron chi connectivity index (χ0n) is 19.3. The van der Waals surface area contributed by atoms with Gasteiger partial charge in [0.15, 0.2) is 5.65 Å². The zero-order chi connectivity index (χ0) is 24.5. The molecule has 0 bridgehead atoms. The third kappa shape index (κ3) is 6.67. The lowest BCUT2D eigenvalue weighted by Crippen LogP contribution is -2.06. The molecule has 0 saturated heterocycles. The van der Waals surface area contributed by atoms with Crippen molar-refractivity contribution in [3.8, 4) is 17.2 Å². The van der Waals surface area contributed by atoms with E-state index >= 15 is 0 Å². The summed E-state index contributed by atoms with van der Waals surface area (Å²) in [7, 11) is 0. The van der Waals surface area contributed by atoms with Gasteiger partial charge in [0.1, 0.15) is 23.3 Å². The van der Waals surface area contributed by atoms with E-state index in [1.165, 1.54) is 0 Å². The van der Waals surface area contributed by atoms with E-state index in [0.717, 1.165) is 29.3 Å². The van der Waals surface area contributed by atoms with E-state index < -0.39 is 5.97 Å². The summed E-state index contributed by atoms with van der Waals surface area (Å²) in [5.74, 6) is 1.18. The number of anilines is 2. The predicted octanol–water partition coefficient (Wildman–Crippen LogP) is 3.92. The van der Waals surface area contributed by atoms with Crippen LogP contribution in [0.1, 0.15) is 25.7 Å². The number of carboxylic acid groups (broad SMARTS) is 1. The Labute approximate surface area is 202 Å². The van der Waals surface area contributed by atoms with Crippen molar-refractivity contribution >= 4 is 28.8 Å². The Morgan fingerprint density at radius 2 is 1.63 bits per heavy atom. The predicted molar refractivity (Wildman–Crippen MR) is 133 cm³/mol. The number of hydrogen-bond donors (Lipinski definition) is 3. The largest absolute Gasteiger partial charge is 0.494 e. The van der Waals surface area contributed by atoms with Crippen LogP contribution in [0.5, 0.6) is 11.5 Å². The highest BCUT2D eigenvalue weighted by Gasteiger charge is 2.09. The second-order valence-electron chi connectivity index (χ2n) is 7.85. The normalized spacial score (nSPS) is 10.9. The number of benzene rings is 2. The van der Waals surface area contributed by atoms with Gasteiger partial charge in [0.2, 0.25) is 5.95 Å². The maximum atomic E-state index is 10.6. The second-order valence-corrected chi connectivity index (χ2v) is 7.85. The number of nitrogens with one attached hydrogen (secondary N) is 1. The second kappa shape index (κ2) is 11.8. The van der Waals surface area contributed by atoms with Crippen LogP contribution in [0.3, 0.4) is 0 Å². The number of unbranched alkanes of at least 4 members (excludes halogenated alkanes) is 1. The Kier molecular flexibility index (Phi) is 8.08. The number of aromatic nitrogens is 4. The third-order valence-corrected chi connectivity index (χ3v) is 5.19. The van der Waals surface area contributed by atoms with Crippen molar-refractivity contribution in [1.29, 1.82) is 0 Å². The quantitative estimate of drug-likeness (QED) is 0.245. The third-order valence-electron chi connectivity index (χ3n) is 5.19. The Morgan fingerprint density at radius 3 is 2.31 bits per heavy atom. The van der Waals surface area contributed by atoms with E-state index in [4.69, 9.17) is 20.3 Å². The summed E-state index contributed by atoms with van der Waals surface area (Å²) in [4.78, 5) is 24.0. The SMILES string of the molecule is NCCCOc1ccc(Nc2ncc3ncn(-c4ccc(OCCCCC(=O)O)cc4)c3n2)cc1. The monoisotopic (exact) mass is 476 g/mol. The molecule has 0 aliphatic carbocycles. The molecule has 2 aromatic heterocycles. The van der Waals surface area contributed by atoms with Crippen molar-refractivity contribution in [2.24, 2.45) is 5.73 Å². The molecule has 2 aromatic carbocycles. The molecule has 10 heteroatoms. The van der Waals surface area contributed by atoms with Crippen molar-refractivity contribution in [3.63, 3.8) is 0 Å². The summed E-state index contributed by atoms with van der Waals surface area (Å²) < 4.78 is 13.2. The molecule has 182 valence electrons. The van der Waals surface area contributed by atoms with Crippen LogP contribution in [-0.4, -0.2) is 50.4 Å². The average Bonchev–Trinajstić information content (AvgIpc) is 3.28. The van der Waals surface area contributed by atoms with Gasteiger partial charge in [-0.05, 0) is 74.3 Å². The molecule has 10 nitrogen and oxygen atoms in total. The van der Waals surface area contributed by atoms with Crippen LogP contribution in [0.25, 0.3) is 16.9 Å². The van der Waals surface area contributed by atoms with E-state index in [1.807, 2.05) is 53.1 Å². The zero-order valence-corrected chi connectivity index (χ0v) is 19.3. The molecule has 0 aliphatic rings. The maximum absolute atomic E-state index is 10.6. The molecule has 0 atom stereocenters. The number of imidazole rings is 1. The van der Waals surface area contributed by atoms with Gasteiger partial charge in [-0.25, -0.2) is 9.97 Å². The Morgan fingerprint density at radius 1 is 0.943 bits per heavy atom. The highest BCUT2D eigenvalue weighted by atomic mass is 16.5. The van der Waals surface area contributed by atoms with E-state index in [0.29, 0.717) is 49.7 Å². The fourth-order valence-electron chi connectivity index (χ4n) is 3.37. The molecular weight excluding hydrogens is 448 g/mol. The van der Waals surface area contributed by atoms with Gasteiger partial charge in [0.25, 0.3) is 0 Å². The molecule has 0 amide bonds. The first kappa shape index (κ1) is 24.0. The van der Waals surface area contributed by atoms with E-state index in [9.17, 15) is 4.79 Å². The van der Waals surface area contributed by atoms with Crippen LogP contribution < -0.4 is 20.5 Å². The maximum Gasteiger partial charge on any atom is 0.303 e. The smallest absolute Gasteiger partial charge is 0.303 e. The number of fused-ring (bicyclic) bond motifs is 1. The van der Waals surface area contributed by atoms with Crippen LogP contribution in [0, 0.1) is 0 Å². The van der Waals surface area contributed by atoms with Crippen LogP contribution >= 0.6 is 0 Å². The molecule has 0 radical (unpaired) electrons. The number of ether oxygens (including phenoxy) is 2. The van der Waals surface area contributed by atoms with Gasteiger partial charge in [-0.15, -0.1) is 0 Å². The summed E-state index contributed by atoms with van der Waals surface area (Å²) in [5.41, 5.74) is 8.57. The Bertz CT molecular complexity index is 1240. The number of hydrogen-bond acceptors (Lipinski definition) is 8. The number of carboxylic acids is 1. The van der Waals surface area contributed by atoms with Crippen LogP contribution in [0.4, 0.5) is 11.6 Å². The molecule has 4 aromatic rings. The minimum Gasteiger partial charge on any atom is -0.494 e. The first-order chi connectivity index (χ1) is 17.1. The molecular formula is C25H28N6O4. The van der Waals surface area contributed by atoms with Crippen molar-refractivity contribution in [2.45, 2.75) is 25.7 Å². The molecule has 2 heterocycles. The van der Waals surface area contributed by atoms with Gasteiger partial charge in [-0.1, -0.05) is 0 Å². The first-order valence-corrected chi connectivity index (χ1v) is 11.5. The van der Waals surface area contributed by atoms with Gasteiger partial charge in [-0.3, -0.25) is 9.36 Å². The summed E-state index contributed by atoms with van der Waals surface area (Å²) >= 11 is 0. The first-order valence-electron chi connectivity index (χ1n) is 11.5. The topological polar surface area (TPSA) is 137 Å². The molecule has 35 heavy (non-hydrogen) atoms. The molecule has 0 spiro atoms. The lowest BCUT2D eigenvalue weighted by molar-refractivity contribution is -0.137. The average molecular weight is 477 g/mol. The molecule has 0 unspecified atom stereocenters. The van der Waals surface area contributed by atoms with Gasteiger partial charge >= 0.3 is 5.97 Å². The van der Waals surface area contributed by atoms with Gasteiger partial charge in [0.05, 0.1) is 19.4 Å². The summed E-state index contributed by atoms with van der Waals surface area (Å²) in [6.45, 7) is 1.67. The van der Waals surface area contributed by atoms with Gasteiger partial charge < -0.3 is 25.6 Å². The van der Waals surface area contributed by atoms with Crippen molar-refractivity contribution in [2.75, 3.05) is 25.1 Å². The molecule has 0 fully saturated rings. The number of aliphatic carboxylic acids is 1. The Balaban J connectivity index is 1.40. The van der Waals surface area contributed by atoms with Crippen LogP contribution in [-0.2, 0) is 4.79 Å². The van der Waals surface area contributed by atoms with Crippen LogP contribution in [0.2, 0.25) is 0 Å². The van der Waals surface area contributed by atoms with E-state index in [2.05, 4.69) is 20.3 Å². The molecule has 4 N–H and O–H groups in total. The number of carbonyl (C=O) groups is 1. The van der Waals surface area contributed by atoms with Crippen molar-refractivity contribution in [1.82, 2.24) is 19.5 Å². The fourth-order valence-corrected chi connectivity index (χ4v) is 3.37. The highest BCUT2D eigenvalue weighted by Crippen LogP contribution is 2.22. The summed E-state index contributed by atoms with van der Waals surface area (Å²) in [5, 5.41) is 11.9. The number of nitrogens with zero attached hydrogens (tertiary/aromatic N) is 4. The summed E-state index contributed by atoms with van der Waals surface area (Å²) in [6.07, 6.45) is 5.64. The van der Waals surface area contributed by atoms with E-state index in [-0.39, 0.29) is 6.42 Å².